The van der Waals surface area contributed by atoms with Crippen molar-refractivity contribution in [2.45, 2.75) is 12.8 Å². The van der Waals surface area contributed by atoms with Gasteiger partial charge in [-0.3, -0.25) is 9.79 Å². The van der Waals surface area contributed by atoms with E-state index in [-0.39, 0.29) is 12.4 Å². The molecule has 0 aliphatic rings. The third-order valence-corrected chi connectivity index (χ3v) is 3.02. The molecule has 0 aliphatic heterocycles. The Morgan fingerprint density at radius 2 is 2.47 bits per heavy atom. The normalized spacial score (nSPS) is 11.2. The van der Waals surface area contributed by atoms with Crippen LogP contribution in [0.1, 0.15) is 11.3 Å². The molecule has 0 fully saturated rings. The van der Waals surface area contributed by atoms with Gasteiger partial charge in [-0.2, -0.15) is 0 Å². The summed E-state index contributed by atoms with van der Waals surface area (Å²) in [5.41, 5.74) is 5.63. The van der Waals surface area contributed by atoms with E-state index < -0.39 is 0 Å². The number of carbonyl (C=O) groups excluding carboxylic acids is 1. The van der Waals surface area contributed by atoms with Gasteiger partial charge in [0.1, 0.15) is 0 Å². The molecule has 0 unspecified atom stereocenters. The van der Waals surface area contributed by atoms with E-state index >= 15 is 0 Å². The molecule has 0 bridgehead atoms. The van der Waals surface area contributed by atoms with Crippen molar-refractivity contribution in [3.8, 4) is 0 Å². The van der Waals surface area contributed by atoms with Crippen molar-refractivity contribution in [2.75, 3.05) is 20.2 Å². The Labute approximate surface area is 105 Å². The second kappa shape index (κ2) is 7.67. The van der Waals surface area contributed by atoms with Crippen LogP contribution in [0, 0.1) is 0 Å². The van der Waals surface area contributed by atoms with Crippen molar-refractivity contribution in [1.82, 2.24) is 5.32 Å². The van der Waals surface area contributed by atoms with Crippen molar-refractivity contribution in [3.63, 3.8) is 0 Å². The van der Waals surface area contributed by atoms with Crippen LogP contribution < -0.4 is 11.1 Å². The number of rotatable bonds is 6. The van der Waals surface area contributed by atoms with E-state index in [0.717, 1.165) is 6.42 Å². The third-order valence-electron chi connectivity index (χ3n) is 2.08. The molecule has 1 aromatic rings. The van der Waals surface area contributed by atoms with E-state index in [9.17, 15) is 4.79 Å². The van der Waals surface area contributed by atoms with Gasteiger partial charge in [0, 0.05) is 24.4 Å². The first-order valence-corrected chi connectivity index (χ1v) is 6.23. The van der Waals surface area contributed by atoms with Crippen molar-refractivity contribution < 1.29 is 9.53 Å². The van der Waals surface area contributed by atoms with Gasteiger partial charge in [-0.05, 0) is 11.4 Å². The third kappa shape index (κ3) is 5.91. The second-order valence-corrected chi connectivity index (χ2v) is 4.38. The number of aliphatic imine (C=N–C) groups is 1. The van der Waals surface area contributed by atoms with Gasteiger partial charge in [-0.15, -0.1) is 11.3 Å². The number of nitrogens with zero attached hydrogens (tertiary/aromatic N) is 1. The summed E-state index contributed by atoms with van der Waals surface area (Å²) in [7, 11) is 1.36. The van der Waals surface area contributed by atoms with Gasteiger partial charge < -0.3 is 15.8 Å². The van der Waals surface area contributed by atoms with Crippen LogP contribution in [-0.4, -0.2) is 32.1 Å². The number of methoxy groups -OCH3 is 1. The minimum atomic E-state index is -0.260. The quantitative estimate of drug-likeness (QED) is 0.447. The number of guanidine groups is 1. The summed E-state index contributed by atoms with van der Waals surface area (Å²) in [6.45, 7) is 1.10. The van der Waals surface area contributed by atoms with Crippen LogP contribution in [-0.2, 0) is 16.0 Å². The molecular weight excluding hydrogens is 238 g/mol. The van der Waals surface area contributed by atoms with Crippen LogP contribution in [0.25, 0.3) is 0 Å². The molecule has 17 heavy (non-hydrogen) atoms. The van der Waals surface area contributed by atoms with Crippen LogP contribution in [0.3, 0.4) is 0 Å². The molecule has 3 N–H and O–H groups in total. The van der Waals surface area contributed by atoms with E-state index in [2.05, 4.69) is 21.1 Å². The molecule has 0 saturated carbocycles. The van der Waals surface area contributed by atoms with E-state index in [1.807, 2.05) is 11.4 Å². The molecule has 0 atom stereocenters. The Balaban J connectivity index is 2.14. The van der Waals surface area contributed by atoms with Crippen LogP contribution in [0.4, 0.5) is 0 Å². The first-order valence-electron chi connectivity index (χ1n) is 5.35. The maximum atomic E-state index is 10.8. The number of ether oxygens (including phenoxy) is 1. The van der Waals surface area contributed by atoms with Gasteiger partial charge in [0.15, 0.2) is 5.96 Å². The Hall–Kier alpha value is -1.56. The maximum Gasteiger partial charge on any atom is 0.307 e. The molecule has 0 amide bonds. The fourth-order valence-electron chi connectivity index (χ4n) is 1.19. The van der Waals surface area contributed by atoms with E-state index in [4.69, 9.17) is 5.73 Å². The largest absolute Gasteiger partial charge is 0.469 e. The fraction of sp³-hybridized carbons (Fsp3) is 0.455. The number of thiophene rings is 1. The lowest BCUT2D eigenvalue weighted by molar-refractivity contribution is -0.140. The molecular formula is C11H17N3O2S. The molecule has 5 nitrogen and oxygen atoms in total. The predicted molar refractivity (Wildman–Crippen MR) is 69.1 cm³/mol. The van der Waals surface area contributed by atoms with Crippen molar-refractivity contribution in [1.29, 1.82) is 0 Å². The number of esters is 1. The molecule has 1 heterocycles. The monoisotopic (exact) mass is 255 g/mol. The summed E-state index contributed by atoms with van der Waals surface area (Å²) in [6, 6.07) is 4.09. The fourth-order valence-corrected chi connectivity index (χ4v) is 1.89. The van der Waals surface area contributed by atoms with E-state index in [0.29, 0.717) is 19.0 Å². The highest BCUT2D eigenvalue weighted by atomic mass is 32.1. The first-order chi connectivity index (χ1) is 8.22. The number of carbonyl (C=O) groups is 1. The highest BCUT2D eigenvalue weighted by Gasteiger charge is 1.99. The lowest BCUT2D eigenvalue weighted by atomic mass is 10.3. The minimum Gasteiger partial charge on any atom is -0.469 e. The summed E-state index contributed by atoms with van der Waals surface area (Å²) < 4.78 is 4.50. The number of nitrogens with two attached hydrogens (primary N) is 1. The molecule has 0 aliphatic carbocycles. The first kappa shape index (κ1) is 13.5. The van der Waals surface area contributed by atoms with Gasteiger partial charge in [0.05, 0.1) is 13.5 Å². The van der Waals surface area contributed by atoms with Gasteiger partial charge in [0.2, 0.25) is 0 Å². The summed E-state index contributed by atoms with van der Waals surface area (Å²) in [6.07, 6.45) is 1.18. The average Bonchev–Trinajstić information content (AvgIpc) is 2.82. The average molecular weight is 255 g/mol. The highest BCUT2D eigenvalue weighted by molar-refractivity contribution is 7.09. The molecule has 0 radical (unpaired) electrons. The second-order valence-electron chi connectivity index (χ2n) is 3.35. The SMILES string of the molecule is COC(=O)CCNC(N)=NCCc1cccs1. The van der Waals surface area contributed by atoms with Crippen LogP contribution in [0.5, 0.6) is 0 Å². The summed E-state index contributed by atoms with van der Waals surface area (Å²) in [4.78, 5) is 16.3. The summed E-state index contributed by atoms with van der Waals surface area (Å²) in [5, 5.41) is 4.90. The molecule has 0 spiro atoms. The number of hydrogen-bond acceptors (Lipinski definition) is 4. The Morgan fingerprint density at radius 3 is 3.12 bits per heavy atom. The van der Waals surface area contributed by atoms with Gasteiger partial charge in [0.25, 0.3) is 0 Å². The predicted octanol–water partition coefficient (Wildman–Crippen LogP) is 0.758. The molecule has 1 rings (SSSR count). The molecule has 0 aromatic carbocycles. The lowest BCUT2D eigenvalue weighted by Crippen LogP contribution is -2.33. The molecule has 1 aromatic heterocycles. The standard InChI is InChI=1S/C11H17N3O2S/c1-16-10(15)5-7-14-11(12)13-6-4-9-3-2-8-17-9/h2-3,8H,4-7H2,1H3,(H3,12,13,14). The Morgan fingerprint density at radius 1 is 1.65 bits per heavy atom. The Bertz CT molecular complexity index is 363. The highest BCUT2D eigenvalue weighted by Crippen LogP contribution is 2.08. The van der Waals surface area contributed by atoms with Crippen LogP contribution in [0.2, 0.25) is 0 Å². The van der Waals surface area contributed by atoms with Crippen LogP contribution >= 0.6 is 11.3 Å². The van der Waals surface area contributed by atoms with Gasteiger partial charge in [-0.1, -0.05) is 6.07 Å². The summed E-state index contributed by atoms with van der Waals surface area (Å²) >= 11 is 1.71. The molecule has 94 valence electrons. The molecule has 6 heteroatoms. The topological polar surface area (TPSA) is 76.7 Å². The van der Waals surface area contributed by atoms with Crippen LogP contribution in [0.15, 0.2) is 22.5 Å². The zero-order chi connectivity index (χ0) is 12.5. The zero-order valence-corrected chi connectivity index (χ0v) is 10.6. The zero-order valence-electron chi connectivity index (χ0n) is 9.81. The maximum absolute atomic E-state index is 10.8. The number of hydrogen-bond donors (Lipinski definition) is 2. The number of nitrogens with one attached hydrogen (secondary N) is 1. The molecule has 0 saturated heterocycles. The lowest BCUT2D eigenvalue weighted by Gasteiger charge is -2.04. The van der Waals surface area contributed by atoms with Crippen molar-refractivity contribution in [2.24, 2.45) is 10.7 Å². The minimum absolute atomic E-state index is 0.260. The smallest absolute Gasteiger partial charge is 0.307 e. The summed E-state index contributed by atoms with van der Waals surface area (Å²) in [5.74, 6) is 0.106. The Kier molecular flexibility index (Phi) is 6.09. The van der Waals surface area contributed by atoms with Gasteiger partial charge >= 0.3 is 5.97 Å². The van der Waals surface area contributed by atoms with E-state index in [1.54, 1.807) is 11.3 Å². The van der Waals surface area contributed by atoms with Crippen molar-refractivity contribution >= 4 is 23.3 Å². The van der Waals surface area contributed by atoms with Crippen molar-refractivity contribution in [3.05, 3.63) is 22.4 Å². The van der Waals surface area contributed by atoms with E-state index in [1.165, 1.54) is 12.0 Å². The van der Waals surface area contributed by atoms with Gasteiger partial charge in [-0.25, -0.2) is 0 Å².